The molecule has 0 saturated heterocycles. The zero-order chi connectivity index (χ0) is 20.5. The Morgan fingerprint density at radius 2 is 1.59 bits per heavy atom. The van der Waals surface area contributed by atoms with E-state index in [2.05, 4.69) is 42.7 Å². The maximum absolute atomic E-state index is 13.6. The fourth-order valence-electron chi connectivity index (χ4n) is 3.51. The Labute approximate surface area is 174 Å². The molecule has 146 valence electrons. The first-order valence-corrected chi connectivity index (χ1v) is 10.6. The molecule has 0 spiro atoms. The van der Waals surface area contributed by atoms with Crippen molar-refractivity contribution in [1.29, 1.82) is 0 Å². The van der Waals surface area contributed by atoms with Crippen LogP contribution in [0.2, 0.25) is 0 Å². The first kappa shape index (κ1) is 20.0. The van der Waals surface area contributed by atoms with E-state index in [1.54, 1.807) is 12.1 Å². The lowest BCUT2D eigenvalue weighted by Crippen LogP contribution is -2.08. The van der Waals surface area contributed by atoms with Gasteiger partial charge in [-0.1, -0.05) is 12.1 Å². The minimum absolute atomic E-state index is 0.242. The lowest BCUT2D eigenvalue weighted by atomic mass is 10.0. The van der Waals surface area contributed by atoms with Crippen molar-refractivity contribution in [3.63, 3.8) is 0 Å². The number of rotatable bonds is 4. The lowest BCUT2D eigenvalue weighted by molar-refractivity contribution is 0.340. The summed E-state index contributed by atoms with van der Waals surface area (Å²) < 4.78 is 19.1. The van der Waals surface area contributed by atoms with E-state index in [1.807, 2.05) is 32.0 Å². The Bertz CT molecular complexity index is 1210. The molecule has 5 heteroatoms. The molecule has 29 heavy (non-hydrogen) atoms. The number of halogens is 1. The molecule has 0 saturated carbocycles. The molecule has 2 nitrogen and oxygen atoms in total. The highest BCUT2D eigenvalue weighted by Crippen LogP contribution is 2.28. The largest absolute Gasteiger partial charge is 0.494 e. The molecule has 0 radical (unpaired) electrons. The van der Waals surface area contributed by atoms with Gasteiger partial charge in [-0.25, -0.2) is 9.37 Å². The highest BCUT2D eigenvalue weighted by Gasteiger charge is 2.12. The van der Waals surface area contributed by atoms with E-state index in [0.717, 1.165) is 55.2 Å². The number of aromatic nitrogens is 1. The second kappa shape index (κ2) is 8.19. The molecule has 4 rings (SSSR count). The van der Waals surface area contributed by atoms with Crippen LogP contribution in [-0.4, -0.2) is 11.6 Å². The normalized spacial score (nSPS) is 11.1. The van der Waals surface area contributed by atoms with Gasteiger partial charge in [0.25, 0.3) is 0 Å². The van der Waals surface area contributed by atoms with Crippen LogP contribution in [0.25, 0.3) is 33.3 Å². The highest BCUT2D eigenvalue weighted by molar-refractivity contribution is 7.29. The predicted octanol–water partition coefficient (Wildman–Crippen LogP) is 5.42. The maximum atomic E-state index is 13.6. The van der Waals surface area contributed by atoms with Gasteiger partial charge in [-0.15, -0.1) is 18.5 Å². The van der Waals surface area contributed by atoms with E-state index in [4.69, 9.17) is 9.72 Å². The zero-order valence-corrected chi connectivity index (χ0v) is 18.7. The van der Waals surface area contributed by atoms with Crippen molar-refractivity contribution in [3.05, 3.63) is 72.0 Å². The number of hydrogen-bond donors (Lipinski definition) is 0. The van der Waals surface area contributed by atoms with Gasteiger partial charge in [0.15, 0.2) is 0 Å². The second-order valence-corrected chi connectivity index (χ2v) is 8.21. The standard InChI is InChI=1S/C24H22FNOP2/c1-3-27-17-7-4-15(5-8-17)19-12-24(29)20(13-23(19)28)22-10-14(2)18-11-16(25)6-9-21(18)26-22/h4-13H,3,28-29H2,1-2H3. The molecular weight excluding hydrogens is 399 g/mol. The summed E-state index contributed by atoms with van der Waals surface area (Å²) in [5, 5.41) is 3.00. The van der Waals surface area contributed by atoms with E-state index in [0.29, 0.717) is 6.61 Å². The molecular formula is C24H22FNOP2. The van der Waals surface area contributed by atoms with Gasteiger partial charge < -0.3 is 4.74 Å². The summed E-state index contributed by atoms with van der Waals surface area (Å²) in [5.41, 5.74) is 6.01. The zero-order valence-electron chi connectivity index (χ0n) is 16.4. The number of aryl methyl sites for hydroxylation is 1. The van der Waals surface area contributed by atoms with Crippen molar-refractivity contribution in [2.24, 2.45) is 0 Å². The number of nitrogens with zero attached hydrogens (tertiary/aromatic N) is 1. The summed E-state index contributed by atoms with van der Waals surface area (Å²) in [5.74, 6) is 0.630. The molecule has 1 heterocycles. The summed E-state index contributed by atoms with van der Waals surface area (Å²) in [4.78, 5) is 4.78. The molecule has 0 aliphatic carbocycles. The maximum Gasteiger partial charge on any atom is 0.123 e. The van der Waals surface area contributed by atoms with Crippen LogP contribution in [0.5, 0.6) is 5.75 Å². The van der Waals surface area contributed by atoms with Crippen LogP contribution in [0.1, 0.15) is 12.5 Å². The molecule has 0 N–H and O–H groups in total. The number of pyridine rings is 1. The topological polar surface area (TPSA) is 22.1 Å². The third-order valence-electron chi connectivity index (χ3n) is 4.95. The number of ether oxygens (including phenoxy) is 1. The molecule has 2 atom stereocenters. The van der Waals surface area contributed by atoms with Crippen molar-refractivity contribution in [1.82, 2.24) is 4.98 Å². The summed E-state index contributed by atoms with van der Waals surface area (Å²) in [6, 6.07) is 19.2. The molecule has 1 aromatic heterocycles. The number of fused-ring (bicyclic) bond motifs is 1. The van der Waals surface area contributed by atoms with Gasteiger partial charge in [-0.3, -0.25) is 0 Å². The van der Waals surface area contributed by atoms with Gasteiger partial charge >= 0.3 is 0 Å². The van der Waals surface area contributed by atoms with E-state index in [1.165, 1.54) is 6.07 Å². The van der Waals surface area contributed by atoms with E-state index in [-0.39, 0.29) is 5.82 Å². The molecule has 0 aliphatic heterocycles. The van der Waals surface area contributed by atoms with E-state index < -0.39 is 0 Å². The molecule has 0 fully saturated rings. The minimum atomic E-state index is -0.242. The number of hydrogen-bond acceptors (Lipinski definition) is 2. The van der Waals surface area contributed by atoms with Crippen LogP contribution in [0, 0.1) is 12.7 Å². The van der Waals surface area contributed by atoms with E-state index in [9.17, 15) is 4.39 Å². The molecule has 0 bridgehead atoms. The van der Waals surface area contributed by atoms with Gasteiger partial charge in [0.2, 0.25) is 0 Å². The molecule has 0 amide bonds. The first-order valence-electron chi connectivity index (χ1n) is 9.45. The van der Waals surface area contributed by atoms with Crippen molar-refractivity contribution in [2.75, 3.05) is 6.61 Å². The SMILES string of the molecule is CCOc1ccc(-c2cc(P)c(-c3cc(C)c4cc(F)ccc4n3)cc2P)cc1. The average molecular weight is 421 g/mol. The Morgan fingerprint density at radius 3 is 2.31 bits per heavy atom. The fraction of sp³-hybridized carbons (Fsp3) is 0.125. The van der Waals surface area contributed by atoms with Gasteiger partial charge in [0.1, 0.15) is 11.6 Å². The molecule has 3 aromatic carbocycles. The van der Waals surface area contributed by atoms with Crippen LogP contribution in [-0.2, 0) is 0 Å². The quantitative estimate of drug-likeness (QED) is 0.411. The summed E-state index contributed by atoms with van der Waals surface area (Å²) in [7, 11) is 5.65. The average Bonchev–Trinajstić information content (AvgIpc) is 2.71. The third kappa shape index (κ3) is 4.04. The predicted molar refractivity (Wildman–Crippen MR) is 127 cm³/mol. The van der Waals surface area contributed by atoms with Crippen LogP contribution in [0.3, 0.4) is 0 Å². The van der Waals surface area contributed by atoms with Gasteiger partial charge in [-0.05, 0) is 89.7 Å². The summed E-state index contributed by atoms with van der Waals surface area (Å²) in [6.45, 7) is 4.63. The monoisotopic (exact) mass is 421 g/mol. The van der Waals surface area contributed by atoms with Crippen molar-refractivity contribution >= 4 is 40.0 Å². The molecule has 0 aliphatic rings. The van der Waals surface area contributed by atoms with Gasteiger partial charge in [-0.2, -0.15) is 0 Å². The third-order valence-corrected chi connectivity index (χ3v) is 5.91. The summed E-state index contributed by atoms with van der Waals surface area (Å²) >= 11 is 0. The second-order valence-electron chi connectivity index (χ2n) is 6.97. The smallest absolute Gasteiger partial charge is 0.123 e. The summed E-state index contributed by atoms with van der Waals surface area (Å²) in [6.07, 6.45) is 0. The van der Waals surface area contributed by atoms with Crippen LogP contribution in [0.15, 0.2) is 60.7 Å². The molecule has 4 aromatic rings. The van der Waals surface area contributed by atoms with Crippen LogP contribution >= 0.6 is 18.5 Å². The molecule has 2 unspecified atom stereocenters. The van der Waals surface area contributed by atoms with E-state index >= 15 is 0 Å². The van der Waals surface area contributed by atoms with Crippen molar-refractivity contribution in [2.45, 2.75) is 13.8 Å². The van der Waals surface area contributed by atoms with Crippen molar-refractivity contribution in [3.8, 4) is 28.1 Å². The first-order chi connectivity index (χ1) is 14.0. The highest BCUT2D eigenvalue weighted by atomic mass is 31.0. The van der Waals surface area contributed by atoms with Crippen LogP contribution < -0.4 is 15.3 Å². The lowest BCUT2D eigenvalue weighted by Gasteiger charge is -2.14. The Morgan fingerprint density at radius 1 is 0.897 bits per heavy atom. The fourth-order valence-corrected chi connectivity index (χ4v) is 4.32. The van der Waals surface area contributed by atoms with Crippen molar-refractivity contribution < 1.29 is 9.13 Å². The van der Waals surface area contributed by atoms with Gasteiger partial charge in [0, 0.05) is 10.9 Å². The van der Waals surface area contributed by atoms with Crippen LogP contribution in [0.4, 0.5) is 4.39 Å². The Hall–Kier alpha value is -2.34. The minimum Gasteiger partial charge on any atom is -0.494 e. The van der Waals surface area contributed by atoms with Gasteiger partial charge in [0.05, 0.1) is 17.8 Å². The Kier molecular flexibility index (Phi) is 5.63. The Balaban J connectivity index is 1.77. The number of benzene rings is 3.